The van der Waals surface area contributed by atoms with Gasteiger partial charge in [0.15, 0.2) is 0 Å². The summed E-state index contributed by atoms with van der Waals surface area (Å²) < 4.78 is 1.48. The average molecular weight is 390 g/mol. The molecule has 0 fully saturated rings. The number of para-hydroxylation sites is 1. The van der Waals surface area contributed by atoms with Gasteiger partial charge in [0.2, 0.25) is 5.91 Å². The number of amides is 3. The Bertz CT molecular complexity index is 1060. The molecule has 3 amide bonds. The van der Waals surface area contributed by atoms with Crippen LogP contribution in [-0.4, -0.2) is 16.5 Å². The van der Waals surface area contributed by atoms with E-state index in [4.69, 9.17) is 0 Å². The maximum atomic E-state index is 12.3. The summed E-state index contributed by atoms with van der Waals surface area (Å²) >= 11 is 0. The first-order chi connectivity index (χ1) is 14.0. The molecule has 1 aromatic heterocycles. The van der Waals surface area contributed by atoms with Crippen LogP contribution >= 0.6 is 0 Å². The van der Waals surface area contributed by atoms with Crippen molar-refractivity contribution >= 4 is 29.0 Å². The lowest BCUT2D eigenvalue weighted by molar-refractivity contribution is -0.116. The number of hydrogen-bond acceptors (Lipinski definition) is 3. The van der Waals surface area contributed by atoms with E-state index in [1.165, 1.54) is 10.6 Å². The van der Waals surface area contributed by atoms with Crippen molar-refractivity contribution < 1.29 is 9.59 Å². The molecule has 0 bridgehead atoms. The number of anilines is 3. The van der Waals surface area contributed by atoms with Crippen LogP contribution in [0.15, 0.2) is 77.7 Å². The normalized spacial score (nSPS) is 10.2. The SMILES string of the molecule is Cc1ccc(NC(=O)Nc2ccccc2)cc1NC(=O)CCn1ccccc1=O. The molecule has 0 spiro atoms. The third-order valence-corrected chi connectivity index (χ3v) is 4.28. The smallest absolute Gasteiger partial charge is 0.323 e. The van der Waals surface area contributed by atoms with E-state index in [2.05, 4.69) is 16.0 Å². The summed E-state index contributed by atoms with van der Waals surface area (Å²) in [6, 6.07) is 18.9. The Morgan fingerprint density at radius 2 is 1.59 bits per heavy atom. The molecule has 0 aliphatic rings. The summed E-state index contributed by atoms with van der Waals surface area (Å²) in [4.78, 5) is 36.2. The second kappa shape index (κ2) is 9.36. The molecular formula is C22H22N4O3. The van der Waals surface area contributed by atoms with E-state index in [0.717, 1.165) is 5.56 Å². The van der Waals surface area contributed by atoms with Gasteiger partial charge in [0, 0.05) is 42.3 Å². The second-order valence-electron chi connectivity index (χ2n) is 6.51. The van der Waals surface area contributed by atoms with Crippen molar-refractivity contribution in [2.24, 2.45) is 0 Å². The minimum Gasteiger partial charge on any atom is -0.326 e. The van der Waals surface area contributed by atoms with Crippen LogP contribution in [0.4, 0.5) is 21.9 Å². The van der Waals surface area contributed by atoms with Gasteiger partial charge in [0.25, 0.3) is 5.56 Å². The third kappa shape index (κ3) is 5.80. The van der Waals surface area contributed by atoms with E-state index in [-0.39, 0.29) is 23.9 Å². The Hall–Kier alpha value is -3.87. The molecule has 0 unspecified atom stereocenters. The van der Waals surface area contributed by atoms with Crippen LogP contribution in [0.5, 0.6) is 0 Å². The van der Waals surface area contributed by atoms with Gasteiger partial charge in [0.1, 0.15) is 0 Å². The molecule has 7 nitrogen and oxygen atoms in total. The van der Waals surface area contributed by atoms with Crippen LogP contribution in [0, 0.1) is 6.92 Å². The molecule has 0 aliphatic heterocycles. The zero-order valence-electron chi connectivity index (χ0n) is 16.0. The number of pyridine rings is 1. The van der Waals surface area contributed by atoms with Crippen LogP contribution < -0.4 is 21.5 Å². The van der Waals surface area contributed by atoms with Gasteiger partial charge in [-0.3, -0.25) is 9.59 Å². The molecule has 1 heterocycles. The van der Waals surface area contributed by atoms with E-state index in [1.807, 2.05) is 31.2 Å². The van der Waals surface area contributed by atoms with E-state index >= 15 is 0 Å². The van der Waals surface area contributed by atoms with Gasteiger partial charge in [0.05, 0.1) is 0 Å². The Labute approximate surface area is 168 Å². The number of aryl methyl sites for hydroxylation is 2. The van der Waals surface area contributed by atoms with E-state index in [0.29, 0.717) is 23.6 Å². The highest BCUT2D eigenvalue weighted by Gasteiger charge is 2.09. The first kappa shape index (κ1) is 19.9. The zero-order valence-corrected chi connectivity index (χ0v) is 16.0. The highest BCUT2D eigenvalue weighted by Crippen LogP contribution is 2.21. The van der Waals surface area contributed by atoms with Crippen LogP contribution in [0.1, 0.15) is 12.0 Å². The summed E-state index contributed by atoms with van der Waals surface area (Å²) in [6.07, 6.45) is 1.81. The number of benzene rings is 2. The number of nitrogens with one attached hydrogen (secondary N) is 3. The fourth-order valence-electron chi connectivity index (χ4n) is 2.73. The average Bonchev–Trinajstić information content (AvgIpc) is 2.70. The van der Waals surface area contributed by atoms with Gasteiger partial charge in [-0.05, 0) is 42.8 Å². The summed E-state index contributed by atoms with van der Waals surface area (Å²) in [5, 5.41) is 8.33. The van der Waals surface area contributed by atoms with Crippen molar-refractivity contribution in [2.45, 2.75) is 19.9 Å². The highest BCUT2D eigenvalue weighted by atomic mass is 16.2. The monoisotopic (exact) mass is 390 g/mol. The van der Waals surface area contributed by atoms with Crippen LogP contribution in [0.25, 0.3) is 0 Å². The molecule has 3 aromatic rings. The van der Waals surface area contributed by atoms with E-state index in [9.17, 15) is 14.4 Å². The molecule has 7 heteroatoms. The molecule has 3 N–H and O–H groups in total. The molecule has 3 rings (SSSR count). The molecule has 29 heavy (non-hydrogen) atoms. The Kier molecular flexibility index (Phi) is 6.42. The summed E-state index contributed by atoms with van der Waals surface area (Å²) in [5.41, 5.74) is 2.56. The number of rotatable bonds is 6. The molecular weight excluding hydrogens is 368 g/mol. The molecule has 0 radical (unpaired) electrons. The third-order valence-electron chi connectivity index (χ3n) is 4.28. The summed E-state index contributed by atoms with van der Waals surface area (Å²) in [7, 11) is 0. The van der Waals surface area contributed by atoms with Crippen molar-refractivity contribution in [3.63, 3.8) is 0 Å². The Morgan fingerprint density at radius 3 is 2.34 bits per heavy atom. The van der Waals surface area contributed by atoms with E-state index < -0.39 is 0 Å². The van der Waals surface area contributed by atoms with E-state index in [1.54, 1.807) is 42.6 Å². The number of aromatic nitrogens is 1. The maximum Gasteiger partial charge on any atom is 0.323 e. The quantitative estimate of drug-likeness (QED) is 0.597. The van der Waals surface area contributed by atoms with Gasteiger partial charge in [-0.15, -0.1) is 0 Å². The fraction of sp³-hybridized carbons (Fsp3) is 0.136. The summed E-state index contributed by atoms with van der Waals surface area (Å²) in [5.74, 6) is -0.213. The van der Waals surface area contributed by atoms with Gasteiger partial charge in [-0.25, -0.2) is 4.79 Å². The van der Waals surface area contributed by atoms with Gasteiger partial charge in [-0.2, -0.15) is 0 Å². The lowest BCUT2D eigenvalue weighted by atomic mass is 10.1. The van der Waals surface area contributed by atoms with Gasteiger partial charge < -0.3 is 20.5 Å². The largest absolute Gasteiger partial charge is 0.326 e. The van der Waals surface area contributed by atoms with Gasteiger partial charge >= 0.3 is 6.03 Å². The molecule has 0 saturated heterocycles. The molecule has 148 valence electrons. The predicted octanol–water partition coefficient (Wildman–Crippen LogP) is 3.83. The van der Waals surface area contributed by atoms with Crippen molar-refractivity contribution in [1.82, 2.24) is 4.57 Å². The number of carbonyl (C=O) groups excluding carboxylic acids is 2. The Morgan fingerprint density at radius 1 is 0.862 bits per heavy atom. The lowest BCUT2D eigenvalue weighted by Crippen LogP contribution is -2.22. The summed E-state index contributed by atoms with van der Waals surface area (Å²) in [6.45, 7) is 2.16. The van der Waals surface area contributed by atoms with Crippen LogP contribution in [0.2, 0.25) is 0 Å². The predicted molar refractivity (Wildman–Crippen MR) is 114 cm³/mol. The topological polar surface area (TPSA) is 92.2 Å². The number of carbonyl (C=O) groups is 2. The van der Waals surface area contributed by atoms with Crippen LogP contribution in [0.3, 0.4) is 0 Å². The molecule has 0 saturated carbocycles. The first-order valence-electron chi connectivity index (χ1n) is 9.20. The van der Waals surface area contributed by atoms with Crippen molar-refractivity contribution in [1.29, 1.82) is 0 Å². The molecule has 0 aliphatic carbocycles. The second-order valence-corrected chi connectivity index (χ2v) is 6.51. The van der Waals surface area contributed by atoms with Gasteiger partial charge in [-0.1, -0.05) is 30.3 Å². The molecule has 2 aromatic carbocycles. The highest BCUT2D eigenvalue weighted by molar-refractivity contribution is 6.00. The first-order valence-corrected chi connectivity index (χ1v) is 9.20. The van der Waals surface area contributed by atoms with Crippen molar-refractivity contribution in [3.8, 4) is 0 Å². The Balaban J connectivity index is 1.59. The number of nitrogens with zero attached hydrogens (tertiary/aromatic N) is 1. The zero-order chi connectivity index (χ0) is 20.6. The minimum absolute atomic E-state index is 0.146. The minimum atomic E-state index is -0.374. The fourth-order valence-corrected chi connectivity index (χ4v) is 2.73. The lowest BCUT2D eigenvalue weighted by Gasteiger charge is -2.12. The molecule has 0 atom stereocenters. The van der Waals surface area contributed by atoms with Crippen molar-refractivity contribution in [3.05, 3.63) is 88.8 Å². The number of hydrogen-bond donors (Lipinski definition) is 3. The number of urea groups is 1. The standard InChI is InChI=1S/C22H22N4O3/c1-16-10-11-18(24-22(29)23-17-7-3-2-4-8-17)15-19(16)25-20(27)12-14-26-13-6-5-9-21(26)28/h2-11,13,15H,12,14H2,1H3,(H,25,27)(H2,23,24,29). The van der Waals surface area contributed by atoms with Crippen LogP contribution in [-0.2, 0) is 11.3 Å². The maximum absolute atomic E-state index is 12.3. The van der Waals surface area contributed by atoms with Crippen molar-refractivity contribution in [2.75, 3.05) is 16.0 Å².